The van der Waals surface area contributed by atoms with E-state index in [0.29, 0.717) is 16.1 Å². The third-order valence-corrected chi connectivity index (χ3v) is 1.97. The molecule has 2 rings (SSSR count). The number of nitrogens with one attached hydrogen (secondary N) is 1. The van der Waals surface area contributed by atoms with Gasteiger partial charge in [-0.25, -0.2) is 4.98 Å². The summed E-state index contributed by atoms with van der Waals surface area (Å²) in [4.78, 5) is 15.6. The first-order chi connectivity index (χ1) is 7.75. The van der Waals surface area contributed by atoms with Crippen molar-refractivity contribution in [2.24, 2.45) is 0 Å². The van der Waals surface area contributed by atoms with Gasteiger partial charge in [0, 0.05) is 18.3 Å². The van der Waals surface area contributed by atoms with Crippen LogP contribution in [0.3, 0.4) is 0 Å². The number of aromatic nitrogens is 2. The highest BCUT2D eigenvalue weighted by molar-refractivity contribution is 6.03. The SMILES string of the molecule is O=C(Nc1ccccn1)c1cc[n+]([O-])cc1. The van der Waals surface area contributed by atoms with Crippen LogP contribution in [0.1, 0.15) is 10.4 Å². The van der Waals surface area contributed by atoms with Crippen LogP contribution in [0.15, 0.2) is 48.9 Å². The zero-order chi connectivity index (χ0) is 11.4. The van der Waals surface area contributed by atoms with E-state index < -0.39 is 0 Å². The van der Waals surface area contributed by atoms with E-state index >= 15 is 0 Å². The normalized spacial score (nSPS) is 9.75. The Kier molecular flexibility index (Phi) is 2.77. The first kappa shape index (κ1) is 10.1. The monoisotopic (exact) mass is 215 g/mol. The average Bonchev–Trinajstić information content (AvgIpc) is 2.31. The maximum absolute atomic E-state index is 11.7. The summed E-state index contributed by atoms with van der Waals surface area (Å²) in [5.41, 5.74) is 0.415. The molecule has 1 amide bonds. The van der Waals surface area contributed by atoms with Crippen molar-refractivity contribution in [2.75, 3.05) is 5.32 Å². The Balaban J connectivity index is 2.12. The molecule has 0 aliphatic rings. The first-order valence-corrected chi connectivity index (χ1v) is 4.67. The lowest BCUT2D eigenvalue weighted by Crippen LogP contribution is -2.25. The fraction of sp³-hybridized carbons (Fsp3) is 0. The second-order valence-corrected chi connectivity index (χ2v) is 3.12. The zero-order valence-corrected chi connectivity index (χ0v) is 8.33. The van der Waals surface area contributed by atoms with Crippen LogP contribution in [0, 0.1) is 5.21 Å². The number of carbonyl (C=O) groups excluding carboxylic acids is 1. The lowest BCUT2D eigenvalue weighted by molar-refractivity contribution is -0.605. The van der Waals surface area contributed by atoms with E-state index in [1.165, 1.54) is 24.5 Å². The van der Waals surface area contributed by atoms with Crippen LogP contribution in [0.25, 0.3) is 0 Å². The van der Waals surface area contributed by atoms with Crippen molar-refractivity contribution in [1.82, 2.24) is 4.98 Å². The van der Waals surface area contributed by atoms with Gasteiger partial charge in [0.25, 0.3) is 5.91 Å². The van der Waals surface area contributed by atoms with Crippen molar-refractivity contribution in [3.8, 4) is 0 Å². The highest BCUT2D eigenvalue weighted by atomic mass is 16.5. The fourth-order valence-corrected chi connectivity index (χ4v) is 1.19. The fourth-order valence-electron chi connectivity index (χ4n) is 1.19. The number of anilines is 1. The van der Waals surface area contributed by atoms with Gasteiger partial charge >= 0.3 is 0 Å². The van der Waals surface area contributed by atoms with Crippen LogP contribution < -0.4 is 10.0 Å². The Hall–Kier alpha value is -2.43. The third kappa shape index (κ3) is 2.33. The predicted octanol–water partition coefficient (Wildman–Crippen LogP) is 0.967. The predicted molar refractivity (Wildman–Crippen MR) is 57.6 cm³/mol. The minimum atomic E-state index is -0.292. The minimum Gasteiger partial charge on any atom is -0.619 e. The van der Waals surface area contributed by atoms with Crippen molar-refractivity contribution in [1.29, 1.82) is 0 Å². The van der Waals surface area contributed by atoms with E-state index in [9.17, 15) is 10.0 Å². The Bertz CT molecular complexity index is 482. The van der Waals surface area contributed by atoms with Gasteiger partial charge in [0.2, 0.25) is 0 Å². The molecule has 5 nitrogen and oxygen atoms in total. The van der Waals surface area contributed by atoms with E-state index in [4.69, 9.17) is 0 Å². The maximum atomic E-state index is 11.7. The summed E-state index contributed by atoms with van der Waals surface area (Å²) in [5.74, 6) is 0.186. The standard InChI is InChI=1S/C11H9N3O2/c15-11(9-4-7-14(16)8-5-9)13-10-3-1-2-6-12-10/h1-8H,(H,12,13,15). The van der Waals surface area contributed by atoms with Crippen LogP contribution >= 0.6 is 0 Å². The topological polar surface area (TPSA) is 68.9 Å². The van der Waals surface area contributed by atoms with Crippen LogP contribution in [-0.2, 0) is 0 Å². The number of hydrogen-bond acceptors (Lipinski definition) is 3. The van der Waals surface area contributed by atoms with Gasteiger partial charge in [-0.15, -0.1) is 0 Å². The van der Waals surface area contributed by atoms with Gasteiger partial charge in [-0.2, -0.15) is 4.73 Å². The second kappa shape index (κ2) is 4.39. The summed E-state index contributed by atoms with van der Waals surface area (Å²) in [5, 5.41) is 13.4. The number of pyridine rings is 2. The van der Waals surface area contributed by atoms with E-state index in [1.54, 1.807) is 24.4 Å². The van der Waals surface area contributed by atoms with Crippen molar-refractivity contribution < 1.29 is 9.52 Å². The summed E-state index contributed by atoms with van der Waals surface area (Å²) in [6.07, 6.45) is 4.13. The smallest absolute Gasteiger partial charge is 0.257 e. The summed E-state index contributed by atoms with van der Waals surface area (Å²) < 4.78 is 0.623. The number of amides is 1. The molecule has 0 spiro atoms. The molecule has 0 atom stereocenters. The molecule has 16 heavy (non-hydrogen) atoms. The largest absolute Gasteiger partial charge is 0.619 e. The molecule has 2 aromatic rings. The summed E-state index contributed by atoms with van der Waals surface area (Å²) >= 11 is 0. The number of rotatable bonds is 2. The van der Waals surface area contributed by atoms with Gasteiger partial charge in [0.1, 0.15) is 5.82 Å². The second-order valence-electron chi connectivity index (χ2n) is 3.12. The summed E-state index contributed by atoms with van der Waals surface area (Å²) in [6.45, 7) is 0. The van der Waals surface area contributed by atoms with Gasteiger partial charge < -0.3 is 10.5 Å². The van der Waals surface area contributed by atoms with Gasteiger partial charge in [0.05, 0.1) is 5.56 Å². The minimum absolute atomic E-state index is 0.292. The van der Waals surface area contributed by atoms with Crippen LogP contribution in [0.4, 0.5) is 5.82 Å². The average molecular weight is 215 g/mol. The molecule has 0 bridgehead atoms. The molecule has 0 aliphatic carbocycles. The van der Waals surface area contributed by atoms with Crippen molar-refractivity contribution in [3.05, 3.63) is 59.7 Å². The molecule has 2 heterocycles. The van der Waals surface area contributed by atoms with Crippen molar-refractivity contribution in [3.63, 3.8) is 0 Å². The molecule has 80 valence electrons. The number of nitrogens with zero attached hydrogens (tertiary/aromatic N) is 2. The first-order valence-electron chi connectivity index (χ1n) is 4.67. The molecular formula is C11H9N3O2. The molecule has 0 aromatic carbocycles. The van der Waals surface area contributed by atoms with E-state index in [-0.39, 0.29) is 5.91 Å². The van der Waals surface area contributed by atoms with Gasteiger partial charge in [-0.1, -0.05) is 6.07 Å². The highest BCUT2D eigenvalue weighted by Gasteiger charge is 2.06. The van der Waals surface area contributed by atoms with Crippen LogP contribution in [-0.4, -0.2) is 10.9 Å². The van der Waals surface area contributed by atoms with E-state index in [2.05, 4.69) is 10.3 Å². The van der Waals surface area contributed by atoms with Gasteiger partial charge in [0.15, 0.2) is 12.4 Å². The van der Waals surface area contributed by atoms with Crippen LogP contribution in [0.5, 0.6) is 0 Å². The van der Waals surface area contributed by atoms with Gasteiger partial charge in [-0.3, -0.25) is 4.79 Å². The summed E-state index contributed by atoms with van der Waals surface area (Å²) in [6, 6.07) is 8.13. The van der Waals surface area contributed by atoms with Crippen molar-refractivity contribution >= 4 is 11.7 Å². The highest BCUT2D eigenvalue weighted by Crippen LogP contribution is 2.03. The maximum Gasteiger partial charge on any atom is 0.257 e. The number of carbonyl (C=O) groups is 1. The molecule has 0 saturated carbocycles. The molecule has 5 heteroatoms. The van der Waals surface area contributed by atoms with E-state index in [0.717, 1.165) is 0 Å². The molecule has 2 aromatic heterocycles. The zero-order valence-electron chi connectivity index (χ0n) is 8.33. The molecule has 0 fully saturated rings. The molecule has 0 radical (unpaired) electrons. The summed E-state index contributed by atoms with van der Waals surface area (Å²) in [7, 11) is 0. The molecule has 0 saturated heterocycles. The molecule has 0 aliphatic heterocycles. The van der Waals surface area contributed by atoms with Crippen LogP contribution in [0.2, 0.25) is 0 Å². The quantitative estimate of drug-likeness (QED) is 0.599. The van der Waals surface area contributed by atoms with E-state index in [1.807, 2.05) is 0 Å². The Morgan fingerprint density at radius 2 is 2.00 bits per heavy atom. The third-order valence-electron chi connectivity index (χ3n) is 1.97. The van der Waals surface area contributed by atoms with Crippen molar-refractivity contribution in [2.45, 2.75) is 0 Å². The number of hydrogen-bond donors (Lipinski definition) is 1. The Labute approximate surface area is 92.0 Å². The molecule has 0 unspecified atom stereocenters. The Morgan fingerprint density at radius 3 is 2.62 bits per heavy atom. The molecular weight excluding hydrogens is 206 g/mol. The Morgan fingerprint density at radius 1 is 1.25 bits per heavy atom. The lowest BCUT2D eigenvalue weighted by Gasteiger charge is -2.03. The lowest BCUT2D eigenvalue weighted by atomic mass is 10.2. The molecule has 1 N–H and O–H groups in total. The van der Waals surface area contributed by atoms with Gasteiger partial charge in [-0.05, 0) is 12.1 Å².